The summed E-state index contributed by atoms with van der Waals surface area (Å²) in [5.41, 5.74) is 1.60. The van der Waals surface area contributed by atoms with Crippen molar-refractivity contribution in [2.24, 2.45) is 0 Å². The Balaban J connectivity index is 1.89. The normalized spacial score (nSPS) is 17.8. The highest BCUT2D eigenvalue weighted by atomic mass is 35.5. The van der Waals surface area contributed by atoms with Gasteiger partial charge in [-0.3, -0.25) is 14.9 Å². The summed E-state index contributed by atoms with van der Waals surface area (Å²) in [6.45, 7) is 5.92. The Kier molecular flexibility index (Phi) is 4.63. The van der Waals surface area contributed by atoms with Crippen molar-refractivity contribution >= 4 is 23.2 Å². The van der Waals surface area contributed by atoms with E-state index in [-0.39, 0.29) is 28.2 Å². The molecular weight excluding hydrogens is 356 g/mol. The summed E-state index contributed by atoms with van der Waals surface area (Å²) in [6, 6.07) is 9.45. The number of carbonyl (C=O) groups is 1. The van der Waals surface area contributed by atoms with Crippen molar-refractivity contribution in [3.63, 3.8) is 0 Å². The highest BCUT2D eigenvalue weighted by molar-refractivity contribution is 6.34. The molecule has 6 nitrogen and oxygen atoms in total. The Bertz CT molecular complexity index is 895. The zero-order valence-corrected chi connectivity index (χ0v) is 15.5. The van der Waals surface area contributed by atoms with Gasteiger partial charge in [-0.2, -0.15) is 0 Å². The van der Waals surface area contributed by atoms with Crippen LogP contribution in [0.1, 0.15) is 47.8 Å². The minimum atomic E-state index is -0.548. The molecule has 26 heavy (non-hydrogen) atoms. The van der Waals surface area contributed by atoms with E-state index in [2.05, 4.69) is 5.32 Å². The summed E-state index contributed by atoms with van der Waals surface area (Å²) in [5, 5.41) is 13.9. The molecule has 2 aromatic rings. The van der Waals surface area contributed by atoms with E-state index in [0.29, 0.717) is 6.42 Å². The summed E-state index contributed by atoms with van der Waals surface area (Å²) >= 11 is 6.07. The number of amides is 1. The van der Waals surface area contributed by atoms with Crippen LogP contribution in [0.15, 0.2) is 36.4 Å². The maximum atomic E-state index is 12.7. The number of nitro groups is 1. The Morgan fingerprint density at radius 3 is 2.69 bits per heavy atom. The molecule has 1 aliphatic heterocycles. The smallest absolute Gasteiger partial charge is 0.270 e. The molecule has 1 heterocycles. The van der Waals surface area contributed by atoms with Crippen molar-refractivity contribution in [2.75, 3.05) is 0 Å². The van der Waals surface area contributed by atoms with Gasteiger partial charge < -0.3 is 10.1 Å². The molecule has 1 atom stereocenters. The summed E-state index contributed by atoms with van der Waals surface area (Å²) in [7, 11) is 0. The van der Waals surface area contributed by atoms with Gasteiger partial charge in [0.15, 0.2) is 0 Å². The first-order valence-corrected chi connectivity index (χ1v) is 8.58. The van der Waals surface area contributed by atoms with Crippen LogP contribution in [-0.4, -0.2) is 16.4 Å². The maximum Gasteiger partial charge on any atom is 0.270 e. The Morgan fingerprint density at radius 1 is 1.31 bits per heavy atom. The van der Waals surface area contributed by atoms with Crippen LogP contribution < -0.4 is 10.1 Å². The molecule has 0 aromatic heterocycles. The zero-order chi connectivity index (χ0) is 19.1. The molecule has 0 bridgehead atoms. The number of rotatable bonds is 3. The van der Waals surface area contributed by atoms with Gasteiger partial charge in [0, 0.05) is 24.1 Å². The molecular formula is C19H19ClN2O4. The summed E-state index contributed by atoms with van der Waals surface area (Å²) in [6.07, 6.45) is 0.597. The fraction of sp³-hybridized carbons (Fsp3) is 0.316. The largest absolute Gasteiger partial charge is 0.487 e. The fourth-order valence-corrected chi connectivity index (χ4v) is 3.39. The van der Waals surface area contributed by atoms with Crippen LogP contribution in [0.4, 0.5) is 5.69 Å². The maximum absolute atomic E-state index is 12.7. The first-order valence-electron chi connectivity index (χ1n) is 8.21. The molecule has 2 aromatic carbocycles. The first kappa shape index (κ1) is 18.2. The van der Waals surface area contributed by atoms with Crippen LogP contribution in [0, 0.1) is 17.0 Å². The standard InChI is InChI=1S/C19H19ClN2O4/c1-11-4-6-14-16(10-19(2,3)26-17(14)8-11)21-18(23)13-7-5-12(22(24)25)9-15(13)20/h4-9,16H,10H2,1-3H3,(H,21,23). The number of hydrogen-bond donors (Lipinski definition) is 1. The highest BCUT2D eigenvalue weighted by Crippen LogP contribution is 2.40. The molecule has 1 aliphatic rings. The molecule has 0 aliphatic carbocycles. The Hall–Kier alpha value is -2.60. The lowest BCUT2D eigenvalue weighted by Gasteiger charge is -2.38. The Morgan fingerprint density at radius 2 is 2.04 bits per heavy atom. The van der Waals surface area contributed by atoms with Gasteiger partial charge in [-0.25, -0.2) is 0 Å². The zero-order valence-electron chi connectivity index (χ0n) is 14.7. The van der Waals surface area contributed by atoms with Crippen LogP contribution in [0.3, 0.4) is 0 Å². The van der Waals surface area contributed by atoms with E-state index in [4.69, 9.17) is 16.3 Å². The number of aryl methyl sites for hydroxylation is 1. The van der Waals surface area contributed by atoms with E-state index in [1.54, 1.807) is 0 Å². The third-order valence-corrected chi connectivity index (χ3v) is 4.65. The molecule has 0 fully saturated rings. The predicted octanol–water partition coefficient (Wildman–Crippen LogP) is 4.59. The van der Waals surface area contributed by atoms with Crippen LogP contribution >= 0.6 is 11.6 Å². The second kappa shape index (κ2) is 6.61. The molecule has 1 unspecified atom stereocenters. The van der Waals surface area contributed by atoms with Crippen LogP contribution in [0.5, 0.6) is 5.75 Å². The number of nitrogens with one attached hydrogen (secondary N) is 1. The molecule has 0 spiro atoms. The molecule has 136 valence electrons. The number of nitro benzene ring substituents is 1. The van der Waals surface area contributed by atoms with Gasteiger partial charge in [0.2, 0.25) is 0 Å². The topological polar surface area (TPSA) is 81.5 Å². The van der Waals surface area contributed by atoms with Crippen LogP contribution in [0.25, 0.3) is 0 Å². The number of non-ortho nitro benzene ring substituents is 1. The second-order valence-electron chi connectivity index (χ2n) is 7.05. The number of carbonyl (C=O) groups excluding carboxylic acids is 1. The third kappa shape index (κ3) is 3.65. The molecule has 1 amide bonds. The molecule has 1 N–H and O–H groups in total. The predicted molar refractivity (Wildman–Crippen MR) is 98.8 cm³/mol. The average molecular weight is 375 g/mol. The average Bonchev–Trinajstić information content (AvgIpc) is 2.52. The molecule has 0 saturated carbocycles. The van der Waals surface area contributed by atoms with Gasteiger partial charge >= 0.3 is 0 Å². The number of nitrogens with zero attached hydrogens (tertiary/aromatic N) is 1. The lowest BCUT2D eigenvalue weighted by molar-refractivity contribution is -0.384. The number of ether oxygens (including phenoxy) is 1. The first-order chi connectivity index (χ1) is 12.2. The lowest BCUT2D eigenvalue weighted by atomic mass is 9.89. The fourth-order valence-electron chi connectivity index (χ4n) is 3.13. The SMILES string of the molecule is Cc1ccc2c(c1)OC(C)(C)CC2NC(=O)c1ccc([N+](=O)[O-])cc1Cl. The van der Waals surface area contributed by atoms with Gasteiger partial charge in [-0.05, 0) is 38.5 Å². The van der Waals surface area contributed by atoms with Crippen LogP contribution in [-0.2, 0) is 0 Å². The summed E-state index contributed by atoms with van der Waals surface area (Å²) in [4.78, 5) is 23.0. The van der Waals surface area contributed by atoms with Gasteiger partial charge in [-0.15, -0.1) is 0 Å². The number of hydrogen-bond acceptors (Lipinski definition) is 4. The van der Waals surface area contributed by atoms with Gasteiger partial charge in [0.25, 0.3) is 11.6 Å². The second-order valence-corrected chi connectivity index (χ2v) is 7.46. The van der Waals surface area contributed by atoms with Gasteiger partial charge in [0.05, 0.1) is 21.6 Å². The van der Waals surface area contributed by atoms with Gasteiger partial charge in [0.1, 0.15) is 11.4 Å². The minimum Gasteiger partial charge on any atom is -0.487 e. The minimum absolute atomic E-state index is 0.0483. The van der Waals surface area contributed by atoms with E-state index in [1.165, 1.54) is 18.2 Å². The van der Waals surface area contributed by atoms with Crippen molar-refractivity contribution in [1.82, 2.24) is 5.32 Å². The number of halogens is 1. The lowest BCUT2D eigenvalue weighted by Crippen LogP contribution is -2.41. The van der Waals surface area contributed by atoms with E-state index in [9.17, 15) is 14.9 Å². The monoisotopic (exact) mass is 374 g/mol. The number of fused-ring (bicyclic) bond motifs is 1. The molecule has 7 heteroatoms. The van der Waals surface area contributed by atoms with Crippen molar-refractivity contribution in [3.8, 4) is 5.75 Å². The summed E-state index contributed by atoms with van der Waals surface area (Å²) in [5.74, 6) is 0.375. The molecule has 3 rings (SSSR count). The van der Waals surface area contributed by atoms with E-state index >= 15 is 0 Å². The Labute approximate surface area is 156 Å². The van der Waals surface area contributed by atoms with Crippen LogP contribution in [0.2, 0.25) is 5.02 Å². The van der Waals surface area contributed by atoms with E-state index < -0.39 is 10.5 Å². The third-order valence-electron chi connectivity index (χ3n) is 4.34. The quantitative estimate of drug-likeness (QED) is 0.629. The van der Waals surface area contributed by atoms with E-state index in [0.717, 1.165) is 16.9 Å². The molecule has 0 saturated heterocycles. The van der Waals surface area contributed by atoms with Gasteiger partial charge in [-0.1, -0.05) is 23.7 Å². The van der Waals surface area contributed by atoms with Crippen molar-refractivity contribution in [1.29, 1.82) is 0 Å². The van der Waals surface area contributed by atoms with Crippen molar-refractivity contribution in [3.05, 3.63) is 68.2 Å². The van der Waals surface area contributed by atoms with Crippen molar-refractivity contribution < 1.29 is 14.5 Å². The van der Waals surface area contributed by atoms with E-state index in [1.807, 2.05) is 39.0 Å². The molecule has 0 radical (unpaired) electrons. The summed E-state index contributed by atoms with van der Waals surface area (Å²) < 4.78 is 6.03. The van der Waals surface area contributed by atoms with Crippen molar-refractivity contribution in [2.45, 2.75) is 38.8 Å². The number of benzene rings is 2. The highest BCUT2D eigenvalue weighted by Gasteiger charge is 2.35.